The maximum absolute atomic E-state index is 12.3. The Morgan fingerprint density at radius 3 is 2.33 bits per heavy atom. The number of nitrogens with one attached hydrogen (secondary N) is 1. The SMILES string of the molecule is C[C@H]1CN(S(=O)(=O)CCNC(=O)C2CCCC2)C[C@H](C)O1. The molecule has 1 saturated carbocycles. The monoisotopic (exact) mass is 318 g/mol. The quantitative estimate of drug-likeness (QED) is 0.811. The second-order valence-electron chi connectivity index (χ2n) is 6.16. The van der Waals surface area contributed by atoms with E-state index in [1.54, 1.807) is 0 Å². The van der Waals surface area contributed by atoms with Crippen molar-refractivity contribution in [1.82, 2.24) is 9.62 Å². The lowest BCUT2D eigenvalue weighted by molar-refractivity contribution is -0.124. The van der Waals surface area contributed by atoms with Gasteiger partial charge in [-0.3, -0.25) is 4.79 Å². The van der Waals surface area contributed by atoms with Gasteiger partial charge in [0.1, 0.15) is 0 Å². The van der Waals surface area contributed by atoms with Crippen LogP contribution in [0.3, 0.4) is 0 Å². The van der Waals surface area contributed by atoms with Gasteiger partial charge in [-0.15, -0.1) is 0 Å². The molecule has 0 aromatic heterocycles. The van der Waals surface area contributed by atoms with Gasteiger partial charge in [0.15, 0.2) is 0 Å². The maximum Gasteiger partial charge on any atom is 0.223 e. The van der Waals surface area contributed by atoms with Crippen LogP contribution >= 0.6 is 0 Å². The molecule has 6 nitrogen and oxygen atoms in total. The molecule has 1 aliphatic carbocycles. The molecule has 1 saturated heterocycles. The lowest BCUT2D eigenvalue weighted by Gasteiger charge is -2.34. The molecule has 2 rings (SSSR count). The molecule has 0 radical (unpaired) electrons. The Labute approximate surface area is 127 Å². The molecule has 0 aromatic rings. The minimum atomic E-state index is -3.33. The van der Waals surface area contributed by atoms with Crippen LogP contribution in [0.1, 0.15) is 39.5 Å². The van der Waals surface area contributed by atoms with Gasteiger partial charge in [0.25, 0.3) is 0 Å². The van der Waals surface area contributed by atoms with E-state index >= 15 is 0 Å². The van der Waals surface area contributed by atoms with Crippen molar-refractivity contribution < 1.29 is 17.9 Å². The summed E-state index contributed by atoms with van der Waals surface area (Å²) in [6, 6.07) is 0. The molecular weight excluding hydrogens is 292 g/mol. The van der Waals surface area contributed by atoms with Crippen molar-refractivity contribution in [3.63, 3.8) is 0 Å². The second-order valence-corrected chi connectivity index (χ2v) is 8.25. The fraction of sp³-hybridized carbons (Fsp3) is 0.929. The van der Waals surface area contributed by atoms with Gasteiger partial charge in [0.05, 0.1) is 18.0 Å². The van der Waals surface area contributed by atoms with Crippen molar-refractivity contribution in [3.8, 4) is 0 Å². The number of hydrogen-bond acceptors (Lipinski definition) is 4. The predicted molar refractivity (Wildman–Crippen MR) is 80.3 cm³/mol. The van der Waals surface area contributed by atoms with E-state index in [4.69, 9.17) is 4.74 Å². The number of nitrogens with zero attached hydrogens (tertiary/aromatic N) is 1. The van der Waals surface area contributed by atoms with Gasteiger partial charge >= 0.3 is 0 Å². The largest absolute Gasteiger partial charge is 0.373 e. The Morgan fingerprint density at radius 1 is 1.19 bits per heavy atom. The van der Waals surface area contributed by atoms with Crippen LogP contribution in [-0.2, 0) is 19.6 Å². The first-order valence-corrected chi connectivity index (χ1v) is 9.40. The summed E-state index contributed by atoms with van der Waals surface area (Å²) in [4.78, 5) is 11.9. The lowest BCUT2D eigenvalue weighted by Crippen LogP contribution is -2.49. The van der Waals surface area contributed by atoms with Crippen LogP contribution in [-0.4, -0.2) is 56.2 Å². The molecular formula is C14H26N2O4S. The minimum Gasteiger partial charge on any atom is -0.373 e. The predicted octanol–water partition coefficient (Wildman–Crippen LogP) is 0.732. The van der Waals surface area contributed by atoms with E-state index in [-0.39, 0.29) is 36.3 Å². The highest BCUT2D eigenvalue weighted by Crippen LogP contribution is 2.24. The Kier molecular flexibility index (Phi) is 5.62. The number of ether oxygens (including phenoxy) is 1. The third-order valence-electron chi connectivity index (χ3n) is 4.16. The first-order chi connectivity index (χ1) is 9.88. The van der Waals surface area contributed by atoms with Crippen LogP contribution < -0.4 is 5.32 Å². The Balaban J connectivity index is 1.79. The molecule has 2 aliphatic rings. The molecule has 0 bridgehead atoms. The van der Waals surface area contributed by atoms with E-state index in [1.165, 1.54) is 4.31 Å². The molecule has 7 heteroatoms. The van der Waals surface area contributed by atoms with E-state index in [0.717, 1.165) is 25.7 Å². The standard InChI is InChI=1S/C14H26N2O4S/c1-11-9-16(10-12(2)20-11)21(18,19)8-7-15-14(17)13-5-3-4-6-13/h11-13H,3-10H2,1-2H3,(H,15,17)/t11-,12-/m0/s1. The van der Waals surface area contributed by atoms with E-state index in [2.05, 4.69) is 5.32 Å². The number of morpholine rings is 1. The van der Waals surface area contributed by atoms with Crippen molar-refractivity contribution in [3.05, 3.63) is 0 Å². The summed E-state index contributed by atoms with van der Waals surface area (Å²) in [5.74, 6) is 0.0489. The number of amides is 1. The van der Waals surface area contributed by atoms with Crippen molar-refractivity contribution in [2.75, 3.05) is 25.4 Å². The number of sulfonamides is 1. The molecule has 0 spiro atoms. The second kappa shape index (κ2) is 7.07. The van der Waals surface area contributed by atoms with Gasteiger partial charge in [0, 0.05) is 25.6 Å². The molecule has 1 amide bonds. The van der Waals surface area contributed by atoms with E-state index < -0.39 is 10.0 Å². The zero-order valence-corrected chi connectivity index (χ0v) is 13.7. The Hall–Kier alpha value is -0.660. The third-order valence-corrected chi connectivity index (χ3v) is 5.97. The molecule has 2 atom stereocenters. The van der Waals surface area contributed by atoms with E-state index in [9.17, 15) is 13.2 Å². The molecule has 2 fully saturated rings. The third kappa shape index (κ3) is 4.66. The molecule has 0 unspecified atom stereocenters. The average molecular weight is 318 g/mol. The van der Waals surface area contributed by atoms with Crippen LogP contribution in [0.15, 0.2) is 0 Å². The van der Waals surface area contributed by atoms with Crippen molar-refractivity contribution >= 4 is 15.9 Å². The zero-order chi connectivity index (χ0) is 15.5. The summed E-state index contributed by atoms with van der Waals surface area (Å²) in [5.41, 5.74) is 0. The summed E-state index contributed by atoms with van der Waals surface area (Å²) < 4.78 is 31.6. The number of carbonyl (C=O) groups is 1. The van der Waals surface area contributed by atoms with Gasteiger partial charge in [0.2, 0.25) is 15.9 Å². The van der Waals surface area contributed by atoms with Crippen molar-refractivity contribution in [1.29, 1.82) is 0 Å². The molecule has 0 aromatic carbocycles. The smallest absolute Gasteiger partial charge is 0.223 e. The van der Waals surface area contributed by atoms with Crippen molar-refractivity contribution in [2.24, 2.45) is 5.92 Å². The summed E-state index contributed by atoms with van der Waals surface area (Å²) in [7, 11) is -3.33. The first kappa shape index (κ1) is 16.7. The average Bonchev–Trinajstić information content (AvgIpc) is 2.91. The Bertz CT molecular complexity index is 450. The van der Waals surface area contributed by atoms with Crippen LogP contribution in [0.25, 0.3) is 0 Å². The van der Waals surface area contributed by atoms with Crippen LogP contribution in [0.4, 0.5) is 0 Å². The fourth-order valence-corrected chi connectivity index (χ4v) is 4.61. The number of hydrogen-bond donors (Lipinski definition) is 1. The fourth-order valence-electron chi connectivity index (χ4n) is 3.12. The van der Waals surface area contributed by atoms with E-state index in [1.807, 2.05) is 13.8 Å². The summed E-state index contributed by atoms with van der Waals surface area (Å²) >= 11 is 0. The highest BCUT2D eigenvalue weighted by Gasteiger charge is 2.31. The topological polar surface area (TPSA) is 75.7 Å². The number of rotatable bonds is 5. The van der Waals surface area contributed by atoms with Gasteiger partial charge in [-0.25, -0.2) is 8.42 Å². The van der Waals surface area contributed by atoms with Gasteiger partial charge in [-0.2, -0.15) is 4.31 Å². The zero-order valence-electron chi connectivity index (χ0n) is 12.9. The molecule has 1 N–H and O–H groups in total. The maximum atomic E-state index is 12.3. The van der Waals surface area contributed by atoms with E-state index in [0.29, 0.717) is 13.1 Å². The van der Waals surface area contributed by atoms with Crippen molar-refractivity contribution in [2.45, 2.75) is 51.7 Å². The van der Waals surface area contributed by atoms with Gasteiger partial charge in [-0.1, -0.05) is 12.8 Å². The molecule has 122 valence electrons. The summed E-state index contributed by atoms with van der Waals surface area (Å²) in [6.45, 7) is 4.73. The van der Waals surface area contributed by atoms with Crippen LogP contribution in [0.2, 0.25) is 0 Å². The summed E-state index contributed by atoms with van der Waals surface area (Å²) in [5, 5.41) is 2.77. The first-order valence-electron chi connectivity index (χ1n) is 7.79. The van der Waals surface area contributed by atoms with Crippen LogP contribution in [0, 0.1) is 5.92 Å². The summed E-state index contributed by atoms with van der Waals surface area (Å²) in [6.07, 6.45) is 3.88. The number of carbonyl (C=O) groups excluding carboxylic acids is 1. The normalized spacial score (nSPS) is 28.7. The van der Waals surface area contributed by atoms with Crippen LogP contribution in [0.5, 0.6) is 0 Å². The Morgan fingerprint density at radius 2 is 1.76 bits per heavy atom. The highest BCUT2D eigenvalue weighted by atomic mass is 32.2. The lowest BCUT2D eigenvalue weighted by atomic mass is 10.1. The molecule has 21 heavy (non-hydrogen) atoms. The molecule has 1 heterocycles. The highest BCUT2D eigenvalue weighted by molar-refractivity contribution is 7.89. The molecule has 1 aliphatic heterocycles. The van der Waals surface area contributed by atoms with Gasteiger partial charge in [-0.05, 0) is 26.7 Å². The minimum absolute atomic E-state index is 0.00594. The van der Waals surface area contributed by atoms with Gasteiger partial charge < -0.3 is 10.1 Å².